The Morgan fingerprint density at radius 2 is 2.00 bits per heavy atom. The van der Waals surface area contributed by atoms with Gasteiger partial charge in [-0.05, 0) is 56.5 Å². The molecule has 20 heavy (non-hydrogen) atoms. The second-order valence-electron chi connectivity index (χ2n) is 6.08. The minimum Gasteiger partial charge on any atom is -0.399 e. The summed E-state index contributed by atoms with van der Waals surface area (Å²) in [5, 5.41) is 3.12. The summed E-state index contributed by atoms with van der Waals surface area (Å²) in [6.45, 7) is 2.93. The lowest BCUT2D eigenvalue weighted by atomic mass is 9.95. The first-order valence-electron chi connectivity index (χ1n) is 7.58. The van der Waals surface area contributed by atoms with E-state index in [2.05, 4.69) is 16.3 Å². The maximum atomic E-state index is 12.0. The van der Waals surface area contributed by atoms with E-state index in [1.165, 1.54) is 18.4 Å². The molecule has 1 amide bonds. The molecule has 0 spiro atoms. The summed E-state index contributed by atoms with van der Waals surface area (Å²) in [5.74, 6) is 0.490. The zero-order chi connectivity index (χ0) is 13.9. The van der Waals surface area contributed by atoms with Gasteiger partial charge in [0, 0.05) is 24.2 Å². The van der Waals surface area contributed by atoms with E-state index in [-0.39, 0.29) is 11.8 Å². The third-order valence-corrected chi connectivity index (χ3v) is 4.24. The fourth-order valence-corrected chi connectivity index (χ4v) is 2.85. The highest BCUT2D eigenvalue weighted by Crippen LogP contribution is 2.23. The molecule has 108 valence electrons. The zero-order valence-electron chi connectivity index (χ0n) is 11.8. The van der Waals surface area contributed by atoms with Crippen molar-refractivity contribution in [1.82, 2.24) is 10.2 Å². The maximum Gasteiger partial charge on any atom is 0.223 e. The lowest BCUT2D eigenvalue weighted by molar-refractivity contribution is -0.126. The normalized spacial score (nSPS) is 20.8. The average molecular weight is 273 g/mol. The van der Waals surface area contributed by atoms with Crippen LogP contribution >= 0.6 is 0 Å². The molecule has 2 aliphatic rings. The quantitative estimate of drug-likeness (QED) is 0.822. The van der Waals surface area contributed by atoms with Crippen molar-refractivity contribution in [2.24, 2.45) is 5.92 Å². The molecule has 1 aromatic carbocycles. The van der Waals surface area contributed by atoms with Gasteiger partial charge in [-0.1, -0.05) is 12.1 Å². The van der Waals surface area contributed by atoms with Crippen molar-refractivity contribution in [3.63, 3.8) is 0 Å². The van der Waals surface area contributed by atoms with E-state index in [1.54, 1.807) is 0 Å². The van der Waals surface area contributed by atoms with E-state index in [9.17, 15) is 4.79 Å². The van der Waals surface area contributed by atoms with Gasteiger partial charge in [-0.2, -0.15) is 0 Å². The van der Waals surface area contributed by atoms with E-state index < -0.39 is 0 Å². The molecular weight excluding hydrogens is 250 g/mol. The Hall–Kier alpha value is -1.55. The smallest absolute Gasteiger partial charge is 0.223 e. The van der Waals surface area contributed by atoms with Crippen molar-refractivity contribution in [3.8, 4) is 0 Å². The summed E-state index contributed by atoms with van der Waals surface area (Å²) in [7, 11) is 0. The van der Waals surface area contributed by atoms with Crippen LogP contribution < -0.4 is 11.1 Å². The Bertz CT molecular complexity index is 476. The molecule has 1 aliphatic carbocycles. The minimum absolute atomic E-state index is 0.215. The van der Waals surface area contributed by atoms with Crippen LogP contribution in [0.5, 0.6) is 0 Å². The molecule has 1 saturated heterocycles. The number of nitrogens with two attached hydrogens (primary N) is 1. The lowest BCUT2D eigenvalue weighted by Gasteiger charge is -2.31. The van der Waals surface area contributed by atoms with Crippen LogP contribution in [0.3, 0.4) is 0 Å². The second-order valence-corrected chi connectivity index (χ2v) is 6.08. The fraction of sp³-hybridized carbons (Fsp3) is 0.562. The number of hydrogen-bond acceptors (Lipinski definition) is 3. The monoisotopic (exact) mass is 273 g/mol. The SMILES string of the molecule is Nc1cccc(CN2CCC(C(=O)NC3CC3)CC2)c1. The highest BCUT2D eigenvalue weighted by Gasteiger charge is 2.29. The number of benzene rings is 1. The van der Waals surface area contributed by atoms with Gasteiger partial charge in [0.2, 0.25) is 5.91 Å². The summed E-state index contributed by atoms with van der Waals surface area (Å²) >= 11 is 0. The van der Waals surface area contributed by atoms with Crippen LogP contribution in [0.15, 0.2) is 24.3 Å². The average Bonchev–Trinajstić information content (AvgIpc) is 3.23. The number of nitrogens with one attached hydrogen (secondary N) is 1. The van der Waals surface area contributed by atoms with Crippen LogP contribution in [0.25, 0.3) is 0 Å². The van der Waals surface area contributed by atoms with Crippen LogP contribution in [0.1, 0.15) is 31.2 Å². The molecule has 1 saturated carbocycles. The van der Waals surface area contributed by atoms with Crippen LogP contribution in [0.2, 0.25) is 0 Å². The number of nitrogen functional groups attached to an aromatic ring is 1. The van der Waals surface area contributed by atoms with Crippen LogP contribution in [0, 0.1) is 5.92 Å². The first kappa shape index (κ1) is 13.4. The number of carbonyl (C=O) groups is 1. The van der Waals surface area contributed by atoms with Gasteiger partial charge in [-0.25, -0.2) is 0 Å². The van der Waals surface area contributed by atoms with E-state index in [0.29, 0.717) is 6.04 Å². The number of likely N-dealkylation sites (tertiary alicyclic amines) is 1. The Labute approximate surface area is 120 Å². The van der Waals surface area contributed by atoms with Gasteiger partial charge in [-0.15, -0.1) is 0 Å². The van der Waals surface area contributed by atoms with E-state index in [1.807, 2.05) is 18.2 Å². The van der Waals surface area contributed by atoms with Gasteiger partial charge in [0.05, 0.1) is 0 Å². The molecule has 0 bridgehead atoms. The highest BCUT2D eigenvalue weighted by molar-refractivity contribution is 5.79. The van der Waals surface area contributed by atoms with Crippen LogP contribution in [-0.4, -0.2) is 29.9 Å². The van der Waals surface area contributed by atoms with Crippen molar-refractivity contribution in [3.05, 3.63) is 29.8 Å². The molecular formula is C16H23N3O. The van der Waals surface area contributed by atoms with Crippen LogP contribution in [-0.2, 0) is 11.3 Å². The number of amides is 1. The predicted molar refractivity (Wildman–Crippen MR) is 80.0 cm³/mol. The van der Waals surface area contributed by atoms with Crippen molar-refractivity contribution in [1.29, 1.82) is 0 Å². The molecule has 1 aliphatic heterocycles. The summed E-state index contributed by atoms with van der Waals surface area (Å²) in [4.78, 5) is 14.4. The lowest BCUT2D eigenvalue weighted by Crippen LogP contribution is -2.40. The number of piperidine rings is 1. The second kappa shape index (κ2) is 5.83. The van der Waals surface area contributed by atoms with Gasteiger partial charge in [0.25, 0.3) is 0 Å². The Morgan fingerprint density at radius 1 is 1.25 bits per heavy atom. The molecule has 3 rings (SSSR count). The molecule has 0 radical (unpaired) electrons. The number of anilines is 1. The summed E-state index contributed by atoms with van der Waals surface area (Å²) < 4.78 is 0. The Morgan fingerprint density at radius 3 is 2.65 bits per heavy atom. The van der Waals surface area contributed by atoms with Crippen molar-refractivity contribution in [2.45, 2.75) is 38.3 Å². The van der Waals surface area contributed by atoms with E-state index in [4.69, 9.17) is 5.73 Å². The predicted octanol–water partition coefficient (Wildman–Crippen LogP) is 1.76. The summed E-state index contributed by atoms with van der Waals surface area (Å²) in [6, 6.07) is 8.54. The van der Waals surface area contributed by atoms with Crippen LogP contribution in [0.4, 0.5) is 5.69 Å². The number of nitrogens with zero attached hydrogens (tertiary/aromatic N) is 1. The minimum atomic E-state index is 0.215. The topological polar surface area (TPSA) is 58.4 Å². The van der Waals surface area contributed by atoms with Crippen molar-refractivity contribution >= 4 is 11.6 Å². The van der Waals surface area contributed by atoms with Crippen molar-refractivity contribution < 1.29 is 4.79 Å². The largest absolute Gasteiger partial charge is 0.399 e. The van der Waals surface area contributed by atoms with E-state index >= 15 is 0 Å². The number of hydrogen-bond donors (Lipinski definition) is 2. The molecule has 4 heteroatoms. The van der Waals surface area contributed by atoms with Gasteiger partial charge in [0.15, 0.2) is 0 Å². The first-order valence-corrected chi connectivity index (χ1v) is 7.58. The molecule has 0 atom stereocenters. The molecule has 0 unspecified atom stereocenters. The van der Waals surface area contributed by atoms with Gasteiger partial charge in [0.1, 0.15) is 0 Å². The van der Waals surface area contributed by atoms with E-state index in [0.717, 1.165) is 38.2 Å². The zero-order valence-corrected chi connectivity index (χ0v) is 11.8. The van der Waals surface area contributed by atoms with Gasteiger partial charge >= 0.3 is 0 Å². The van der Waals surface area contributed by atoms with Gasteiger partial charge < -0.3 is 11.1 Å². The third kappa shape index (κ3) is 3.51. The number of rotatable bonds is 4. The molecule has 1 aromatic rings. The standard InChI is InChI=1S/C16H23N3O/c17-14-3-1-2-12(10-14)11-19-8-6-13(7-9-19)16(20)18-15-4-5-15/h1-3,10,13,15H,4-9,11,17H2,(H,18,20). The molecule has 1 heterocycles. The Kier molecular flexibility index (Phi) is 3.92. The van der Waals surface area contributed by atoms with Gasteiger partial charge in [-0.3, -0.25) is 9.69 Å². The number of carbonyl (C=O) groups excluding carboxylic acids is 1. The summed E-state index contributed by atoms with van der Waals surface area (Å²) in [6.07, 6.45) is 4.28. The summed E-state index contributed by atoms with van der Waals surface area (Å²) in [5.41, 5.74) is 7.88. The van der Waals surface area contributed by atoms with Crippen molar-refractivity contribution in [2.75, 3.05) is 18.8 Å². The maximum absolute atomic E-state index is 12.0. The third-order valence-electron chi connectivity index (χ3n) is 4.24. The highest BCUT2D eigenvalue weighted by atomic mass is 16.2. The molecule has 0 aromatic heterocycles. The molecule has 4 nitrogen and oxygen atoms in total. The molecule has 2 fully saturated rings. The molecule has 3 N–H and O–H groups in total. The Balaban J connectivity index is 1.47. The fourth-order valence-electron chi connectivity index (χ4n) is 2.85. The first-order chi connectivity index (χ1) is 9.70.